The molecule has 1 heterocycles. The molecule has 2 rings (SSSR count). The normalized spacial score (nSPS) is 18.1. The first-order valence-corrected chi connectivity index (χ1v) is 7.03. The number of nitrogens with zero attached hydrogens (tertiary/aromatic N) is 3. The van der Waals surface area contributed by atoms with Crippen molar-refractivity contribution in [2.45, 2.75) is 6.04 Å². The molecule has 114 valence electrons. The second-order valence-electron chi connectivity index (χ2n) is 5.06. The van der Waals surface area contributed by atoms with Gasteiger partial charge in [-0.05, 0) is 17.7 Å². The van der Waals surface area contributed by atoms with E-state index in [1.54, 1.807) is 18.2 Å². The third-order valence-corrected chi connectivity index (χ3v) is 3.83. The molecule has 0 bridgehead atoms. The molecule has 0 spiro atoms. The molecule has 2 N–H and O–H groups in total. The van der Waals surface area contributed by atoms with Crippen molar-refractivity contribution >= 4 is 0 Å². The van der Waals surface area contributed by atoms with Crippen LogP contribution in [0.1, 0.15) is 11.6 Å². The smallest absolute Gasteiger partial charge is 0.160 e. The Morgan fingerprint density at radius 3 is 2.62 bits per heavy atom. The van der Waals surface area contributed by atoms with Crippen LogP contribution >= 0.6 is 0 Å². The van der Waals surface area contributed by atoms with Gasteiger partial charge in [-0.2, -0.15) is 5.26 Å². The Bertz CT molecular complexity index is 507. The molecule has 6 heteroatoms. The summed E-state index contributed by atoms with van der Waals surface area (Å²) < 4.78 is 5.10. The first kappa shape index (κ1) is 15.6. The molecule has 0 amide bonds. The summed E-state index contributed by atoms with van der Waals surface area (Å²) in [5, 5.41) is 28.1. The summed E-state index contributed by atoms with van der Waals surface area (Å²) in [6, 6.07) is 7.00. The number of phenolic OH excluding ortho intramolecular Hbond substituents is 1. The molecule has 0 saturated carbocycles. The molecule has 1 saturated heterocycles. The molecule has 6 nitrogen and oxygen atoms in total. The summed E-state index contributed by atoms with van der Waals surface area (Å²) >= 11 is 0. The number of hydrogen-bond donors (Lipinski definition) is 2. The summed E-state index contributed by atoms with van der Waals surface area (Å²) in [6.45, 7) is 4.08. The van der Waals surface area contributed by atoms with Crippen LogP contribution in [0.5, 0.6) is 11.5 Å². The number of phenols is 1. The van der Waals surface area contributed by atoms with E-state index in [-0.39, 0.29) is 18.4 Å². The van der Waals surface area contributed by atoms with E-state index in [0.717, 1.165) is 31.7 Å². The van der Waals surface area contributed by atoms with Gasteiger partial charge in [0.25, 0.3) is 0 Å². The Hall–Kier alpha value is -1.81. The average Bonchev–Trinajstić information content (AvgIpc) is 2.51. The largest absolute Gasteiger partial charge is 0.504 e. The van der Waals surface area contributed by atoms with Crippen LogP contribution in [0.2, 0.25) is 0 Å². The molecule has 1 aromatic rings. The molecular formula is C15H21N3O3. The predicted molar refractivity (Wildman–Crippen MR) is 78.1 cm³/mol. The van der Waals surface area contributed by atoms with Gasteiger partial charge in [-0.25, -0.2) is 0 Å². The molecule has 0 aliphatic carbocycles. The fourth-order valence-corrected chi connectivity index (χ4v) is 2.62. The lowest BCUT2D eigenvalue weighted by Crippen LogP contribution is -2.48. The number of β-amino-alcohol motifs (C(OH)–C–C–N with tert-alkyl or cyclic N) is 1. The van der Waals surface area contributed by atoms with Crippen molar-refractivity contribution in [1.82, 2.24) is 9.80 Å². The Morgan fingerprint density at radius 2 is 2.05 bits per heavy atom. The Labute approximate surface area is 124 Å². The van der Waals surface area contributed by atoms with Crippen molar-refractivity contribution in [1.29, 1.82) is 5.26 Å². The lowest BCUT2D eigenvalue weighted by atomic mass is 10.0. The van der Waals surface area contributed by atoms with Crippen molar-refractivity contribution in [2.75, 3.05) is 46.4 Å². The monoisotopic (exact) mass is 291 g/mol. The number of rotatable bonds is 5. The minimum atomic E-state index is -0.351. The van der Waals surface area contributed by atoms with Crippen LogP contribution in [-0.4, -0.2) is 66.5 Å². The summed E-state index contributed by atoms with van der Waals surface area (Å²) in [6.07, 6.45) is 0. The van der Waals surface area contributed by atoms with Crippen LogP contribution in [-0.2, 0) is 0 Å². The van der Waals surface area contributed by atoms with Crippen LogP contribution in [0.3, 0.4) is 0 Å². The van der Waals surface area contributed by atoms with Crippen molar-refractivity contribution in [3.63, 3.8) is 0 Å². The van der Waals surface area contributed by atoms with Crippen molar-refractivity contribution in [3.05, 3.63) is 23.8 Å². The van der Waals surface area contributed by atoms with Gasteiger partial charge in [0.1, 0.15) is 6.04 Å². The van der Waals surface area contributed by atoms with Gasteiger partial charge < -0.3 is 14.9 Å². The maximum atomic E-state index is 9.64. The highest BCUT2D eigenvalue weighted by molar-refractivity contribution is 5.43. The van der Waals surface area contributed by atoms with E-state index in [4.69, 9.17) is 9.84 Å². The summed E-state index contributed by atoms with van der Waals surface area (Å²) in [4.78, 5) is 4.29. The molecule has 0 radical (unpaired) electrons. The molecule has 1 aliphatic heterocycles. The van der Waals surface area contributed by atoms with Gasteiger partial charge in [-0.15, -0.1) is 0 Å². The summed E-state index contributed by atoms with van der Waals surface area (Å²) in [7, 11) is 1.49. The summed E-state index contributed by atoms with van der Waals surface area (Å²) in [5.41, 5.74) is 0.822. The highest BCUT2D eigenvalue weighted by Crippen LogP contribution is 2.31. The van der Waals surface area contributed by atoms with E-state index in [1.165, 1.54) is 7.11 Å². The fourth-order valence-electron chi connectivity index (χ4n) is 2.62. The maximum absolute atomic E-state index is 9.64. The van der Waals surface area contributed by atoms with Gasteiger partial charge in [0.15, 0.2) is 11.5 Å². The number of nitriles is 1. The SMILES string of the molecule is COc1cc(C(C#N)N2CCN(CCO)CC2)ccc1O. The number of ether oxygens (including phenoxy) is 1. The van der Waals surface area contributed by atoms with E-state index in [1.807, 2.05) is 0 Å². The number of aromatic hydroxyl groups is 1. The molecule has 1 aliphatic rings. The zero-order chi connectivity index (χ0) is 15.2. The van der Waals surface area contributed by atoms with Gasteiger partial charge in [-0.3, -0.25) is 9.80 Å². The first-order chi connectivity index (χ1) is 10.2. The van der Waals surface area contributed by atoms with Gasteiger partial charge in [0, 0.05) is 32.7 Å². The molecule has 1 unspecified atom stereocenters. The average molecular weight is 291 g/mol. The minimum Gasteiger partial charge on any atom is -0.504 e. The van der Waals surface area contributed by atoms with E-state index >= 15 is 0 Å². The molecule has 0 aromatic heterocycles. The molecule has 1 fully saturated rings. The lowest BCUT2D eigenvalue weighted by Gasteiger charge is -2.36. The summed E-state index contributed by atoms with van der Waals surface area (Å²) in [5.74, 6) is 0.456. The lowest BCUT2D eigenvalue weighted by molar-refractivity contribution is 0.0981. The molecule has 1 atom stereocenters. The standard InChI is InChI=1S/C15H21N3O3/c1-21-15-10-12(2-3-14(15)20)13(11-16)18-6-4-17(5-7-18)8-9-19/h2-3,10,13,19-20H,4-9H2,1H3. The van der Waals surface area contributed by atoms with Gasteiger partial charge in [0.05, 0.1) is 19.8 Å². The van der Waals surface area contributed by atoms with Crippen LogP contribution in [0.25, 0.3) is 0 Å². The maximum Gasteiger partial charge on any atom is 0.160 e. The number of aliphatic hydroxyl groups is 1. The van der Waals surface area contributed by atoms with Crippen LogP contribution in [0.4, 0.5) is 0 Å². The zero-order valence-electron chi connectivity index (χ0n) is 12.2. The first-order valence-electron chi connectivity index (χ1n) is 7.03. The van der Waals surface area contributed by atoms with Crippen LogP contribution in [0, 0.1) is 11.3 Å². The van der Waals surface area contributed by atoms with Gasteiger partial charge >= 0.3 is 0 Å². The number of aliphatic hydroxyl groups excluding tert-OH is 1. The minimum absolute atomic E-state index is 0.0747. The van der Waals surface area contributed by atoms with E-state index in [2.05, 4.69) is 15.9 Å². The molecular weight excluding hydrogens is 270 g/mol. The Kier molecular flexibility index (Phi) is 5.39. The Morgan fingerprint density at radius 1 is 1.33 bits per heavy atom. The quantitative estimate of drug-likeness (QED) is 0.826. The van der Waals surface area contributed by atoms with Gasteiger partial charge in [0.2, 0.25) is 0 Å². The Balaban J connectivity index is 2.09. The number of methoxy groups -OCH3 is 1. The highest BCUT2D eigenvalue weighted by Gasteiger charge is 2.25. The fraction of sp³-hybridized carbons (Fsp3) is 0.533. The van der Waals surface area contributed by atoms with E-state index < -0.39 is 0 Å². The van der Waals surface area contributed by atoms with E-state index in [9.17, 15) is 10.4 Å². The van der Waals surface area contributed by atoms with Crippen LogP contribution in [0.15, 0.2) is 18.2 Å². The zero-order valence-corrected chi connectivity index (χ0v) is 12.2. The van der Waals surface area contributed by atoms with Crippen molar-refractivity contribution in [2.24, 2.45) is 0 Å². The van der Waals surface area contributed by atoms with Crippen LogP contribution < -0.4 is 4.74 Å². The highest BCUT2D eigenvalue weighted by atomic mass is 16.5. The molecule has 21 heavy (non-hydrogen) atoms. The van der Waals surface area contributed by atoms with Crippen molar-refractivity contribution < 1.29 is 14.9 Å². The van der Waals surface area contributed by atoms with Crippen molar-refractivity contribution in [3.8, 4) is 17.6 Å². The topological polar surface area (TPSA) is 80.0 Å². The van der Waals surface area contributed by atoms with Gasteiger partial charge in [-0.1, -0.05) is 6.07 Å². The second kappa shape index (κ2) is 7.27. The van der Waals surface area contributed by atoms with E-state index in [0.29, 0.717) is 12.3 Å². The number of benzene rings is 1. The molecule has 1 aromatic carbocycles. The third-order valence-electron chi connectivity index (χ3n) is 3.83. The number of hydrogen-bond acceptors (Lipinski definition) is 6. The third kappa shape index (κ3) is 3.64. The second-order valence-corrected chi connectivity index (χ2v) is 5.06. The predicted octanol–water partition coefficient (Wildman–Crippen LogP) is 0.575. The number of piperazine rings is 1.